The lowest BCUT2D eigenvalue weighted by Crippen LogP contribution is -2.62. The normalized spacial score (nSPS) is 32.9. The standard InChI is InChI=1S/C21H29N5O2/c27-19-6-1-5-18-17-10-15(12-26(18)19)11-25(14-17)20(28)16-4-2-9-24(13-16)21-22-7-3-8-23-21/h3,7-8,15-18H,1-2,4-6,9-14H2/t15-,16-,17+,18+/m1/s1. The van der Waals surface area contributed by atoms with Crippen molar-refractivity contribution in [2.24, 2.45) is 17.8 Å². The van der Waals surface area contributed by atoms with Crippen LogP contribution in [0.2, 0.25) is 0 Å². The summed E-state index contributed by atoms with van der Waals surface area (Å²) in [6, 6.07) is 2.18. The van der Waals surface area contributed by atoms with Crippen molar-refractivity contribution in [3.63, 3.8) is 0 Å². The van der Waals surface area contributed by atoms with Crippen LogP contribution in [0, 0.1) is 17.8 Å². The van der Waals surface area contributed by atoms with Gasteiger partial charge in [-0.2, -0.15) is 0 Å². The third-order valence-electron chi connectivity index (χ3n) is 7.10. The van der Waals surface area contributed by atoms with E-state index in [-0.39, 0.29) is 5.92 Å². The van der Waals surface area contributed by atoms with Crippen LogP contribution < -0.4 is 4.90 Å². The van der Waals surface area contributed by atoms with Crippen LogP contribution in [0.15, 0.2) is 18.5 Å². The number of amides is 2. The van der Waals surface area contributed by atoms with Crippen molar-refractivity contribution in [1.82, 2.24) is 19.8 Å². The molecule has 0 unspecified atom stereocenters. The Morgan fingerprint density at radius 3 is 2.75 bits per heavy atom. The van der Waals surface area contributed by atoms with Gasteiger partial charge in [-0.25, -0.2) is 9.97 Å². The van der Waals surface area contributed by atoms with Crippen LogP contribution >= 0.6 is 0 Å². The SMILES string of the molecule is O=C([C@@H]1CCCN(c2ncccn2)C1)N1C[C@H]2C[C@@H](C1)[C@@H]1CCCC(=O)N1C2. The number of likely N-dealkylation sites (tertiary alicyclic amines) is 1. The second-order valence-corrected chi connectivity index (χ2v) is 8.94. The topological polar surface area (TPSA) is 69.6 Å². The van der Waals surface area contributed by atoms with E-state index in [0.29, 0.717) is 42.7 Å². The predicted octanol–water partition coefficient (Wildman–Crippen LogP) is 1.55. The quantitative estimate of drug-likeness (QED) is 0.775. The average molecular weight is 383 g/mol. The number of aromatic nitrogens is 2. The van der Waals surface area contributed by atoms with Gasteiger partial charge in [-0.05, 0) is 50.0 Å². The predicted molar refractivity (Wildman–Crippen MR) is 104 cm³/mol. The minimum absolute atomic E-state index is 0.0282. The van der Waals surface area contributed by atoms with Crippen LogP contribution in [-0.2, 0) is 9.59 Å². The van der Waals surface area contributed by atoms with Crippen molar-refractivity contribution in [3.05, 3.63) is 18.5 Å². The molecule has 28 heavy (non-hydrogen) atoms. The number of carbonyl (C=O) groups excluding carboxylic acids is 2. The molecule has 4 saturated heterocycles. The van der Waals surface area contributed by atoms with Crippen LogP contribution in [-0.4, -0.2) is 70.3 Å². The van der Waals surface area contributed by atoms with Crippen LogP contribution in [0.5, 0.6) is 0 Å². The summed E-state index contributed by atoms with van der Waals surface area (Å²) in [6.45, 7) is 4.10. The Bertz CT molecular complexity index is 742. The molecular formula is C21H29N5O2. The van der Waals surface area contributed by atoms with Crippen LogP contribution in [0.3, 0.4) is 0 Å². The second-order valence-electron chi connectivity index (χ2n) is 8.94. The van der Waals surface area contributed by atoms with E-state index in [2.05, 4.69) is 24.7 Å². The Hall–Kier alpha value is -2.18. The maximum atomic E-state index is 13.4. The number of hydrogen-bond donors (Lipinski definition) is 0. The van der Waals surface area contributed by atoms with Crippen molar-refractivity contribution in [1.29, 1.82) is 0 Å². The molecule has 2 bridgehead atoms. The second kappa shape index (κ2) is 7.33. The summed E-state index contributed by atoms with van der Waals surface area (Å²) in [5, 5.41) is 0. The third kappa shape index (κ3) is 3.25. The first-order valence-electron chi connectivity index (χ1n) is 10.8. The number of anilines is 1. The molecule has 0 spiro atoms. The first kappa shape index (κ1) is 17.9. The smallest absolute Gasteiger partial charge is 0.227 e. The molecule has 150 valence electrons. The molecular weight excluding hydrogens is 354 g/mol. The van der Waals surface area contributed by atoms with Crippen LogP contribution in [0.25, 0.3) is 0 Å². The van der Waals surface area contributed by atoms with Crippen molar-refractivity contribution in [2.45, 2.75) is 44.6 Å². The van der Waals surface area contributed by atoms with Gasteiger partial charge < -0.3 is 14.7 Å². The molecule has 1 aromatic rings. The van der Waals surface area contributed by atoms with Gasteiger partial charge in [0.2, 0.25) is 17.8 Å². The largest absolute Gasteiger partial charge is 0.342 e. The lowest BCUT2D eigenvalue weighted by molar-refractivity contribution is -0.150. The van der Waals surface area contributed by atoms with Gasteiger partial charge in [0.15, 0.2) is 0 Å². The number of rotatable bonds is 2. The first-order chi connectivity index (χ1) is 13.7. The number of piperidine rings is 4. The zero-order chi connectivity index (χ0) is 19.1. The summed E-state index contributed by atoms with van der Waals surface area (Å²) in [5.41, 5.74) is 0. The summed E-state index contributed by atoms with van der Waals surface area (Å²) in [7, 11) is 0. The molecule has 5 rings (SSSR count). The zero-order valence-electron chi connectivity index (χ0n) is 16.4. The average Bonchev–Trinajstić information content (AvgIpc) is 2.75. The molecule has 1 aromatic heterocycles. The summed E-state index contributed by atoms with van der Waals surface area (Å²) < 4.78 is 0. The molecule has 5 heterocycles. The lowest BCUT2D eigenvalue weighted by atomic mass is 9.75. The zero-order valence-corrected chi connectivity index (χ0v) is 16.4. The highest BCUT2D eigenvalue weighted by molar-refractivity contribution is 5.80. The summed E-state index contributed by atoms with van der Waals surface area (Å²) in [4.78, 5) is 40.8. The summed E-state index contributed by atoms with van der Waals surface area (Å²) in [5.74, 6) is 2.28. The fourth-order valence-electron chi connectivity index (χ4n) is 5.86. The van der Waals surface area contributed by atoms with Gasteiger partial charge in [-0.3, -0.25) is 9.59 Å². The van der Waals surface area contributed by atoms with E-state index in [1.807, 2.05) is 6.07 Å². The van der Waals surface area contributed by atoms with Gasteiger partial charge in [0, 0.05) is 57.6 Å². The maximum Gasteiger partial charge on any atom is 0.227 e. The van der Waals surface area contributed by atoms with Gasteiger partial charge in [-0.15, -0.1) is 0 Å². The maximum absolute atomic E-state index is 13.4. The molecule has 2 amide bonds. The minimum atomic E-state index is 0.0282. The highest BCUT2D eigenvalue weighted by Gasteiger charge is 2.45. The first-order valence-corrected chi connectivity index (χ1v) is 10.8. The van der Waals surface area contributed by atoms with Gasteiger partial charge in [0.1, 0.15) is 0 Å². The van der Waals surface area contributed by atoms with E-state index >= 15 is 0 Å². The monoisotopic (exact) mass is 383 g/mol. The van der Waals surface area contributed by atoms with E-state index in [1.54, 1.807) is 12.4 Å². The number of nitrogens with zero attached hydrogens (tertiary/aromatic N) is 5. The molecule has 4 aliphatic heterocycles. The number of hydrogen-bond acceptors (Lipinski definition) is 5. The van der Waals surface area contributed by atoms with Gasteiger partial charge in [0.25, 0.3) is 0 Å². The van der Waals surface area contributed by atoms with Gasteiger partial charge in [-0.1, -0.05) is 0 Å². The van der Waals surface area contributed by atoms with Gasteiger partial charge >= 0.3 is 0 Å². The Morgan fingerprint density at radius 1 is 1.04 bits per heavy atom. The molecule has 7 nitrogen and oxygen atoms in total. The highest BCUT2D eigenvalue weighted by atomic mass is 16.2. The van der Waals surface area contributed by atoms with Gasteiger partial charge in [0.05, 0.1) is 5.92 Å². The summed E-state index contributed by atoms with van der Waals surface area (Å²) in [6.07, 6.45) is 9.46. The fraction of sp³-hybridized carbons (Fsp3) is 0.714. The Labute approximate surface area is 166 Å². The molecule has 4 aliphatic rings. The highest BCUT2D eigenvalue weighted by Crippen LogP contribution is 2.38. The molecule has 0 radical (unpaired) electrons. The summed E-state index contributed by atoms with van der Waals surface area (Å²) >= 11 is 0. The Morgan fingerprint density at radius 2 is 1.89 bits per heavy atom. The number of fused-ring (bicyclic) bond motifs is 4. The van der Waals surface area contributed by atoms with E-state index in [1.165, 1.54) is 6.42 Å². The van der Waals surface area contributed by atoms with E-state index in [0.717, 1.165) is 57.8 Å². The third-order valence-corrected chi connectivity index (χ3v) is 7.10. The number of carbonyl (C=O) groups is 2. The van der Waals surface area contributed by atoms with Crippen molar-refractivity contribution in [3.8, 4) is 0 Å². The molecule has 4 fully saturated rings. The molecule has 0 aliphatic carbocycles. The van der Waals surface area contributed by atoms with Crippen molar-refractivity contribution >= 4 is 17.8 Å². The Balaban J connectivity index is 1.27. The molecule has 0 saturated carbocycles. The minimum Gasteiger partial charge on any atom is -0.342 e. The molecule has 4 atom stereocenters. The van der Waals surface area contributed by atoms with Crippen molar-refractivity contribution < 1.29 is 9.59 Å². The Kier molecular flexibility index (Phi) is 4.69. The van der Waals surface area contributed by atoms with Crippen LogP contribution in [0.1, 0.15) is 38.5 Å². The fourth-order valence-corrected chi connectivity index (χ4v) is 5.86. The molecule has 0 aromatic carbocycles. The lowest BCUT2D eigenvalue weighted by Gasteiger charge is -2.53. The molecule has 0 N–H and O–H groups in total. The molecule has 7 heteroatoms. The van der Waals surface area contributed by atoms with E-state index < -0.39 is 0 Å². The van der Waals surface area contributed by atoms with E-state index in [4.69, 9.17) is 0 Å². The van der Waals surface area contributed by atoms with Crippen molar-refractivity contribution in [2.75, 3.05) is 37.6 Å². The van der Waals surface area contributed by atoms with Crippen LogP contribution in [0.4, 0.5) is 5.95 Å². The van der Waals surface area contributed by atoms with E-state index in [9.17, 15) is 9.59 Å².